The van der Waals surface area contributed by atoms with Crippen LogP contribution in [-0.2, 0) is 52.4 Å². The van der Waals surface area contributed by atoms with Crippen LogP contribution in [-0.4, -0.2) is 0 Å². The Balaban J connectivity index is 0.000000285. The van der Waals surface area contributed by atoms with Crippen molar-refractivity contribution in [2.75, 3.05) is 0 Å². The molecule has 0 saturated heterocycles. The summed E-state index contributed by atoms with van der Waals surface area (Å²) in [6.07, 6.45) is 0. The fourth-order valence-electron chi connectivity index (χ4n) is 4.45. The molecule has 0 fully saturated rings. The smallest absolute Gasteiger partial charge is 1.00 e. The molecule has 0 N–H and O–H groups in total. The third-order valence-electron chi connectivity index (χ3n) is 6.33. The summed E-state index contributed by atoms with van der Waals surface area (Å²) in [4.78, 5) is 0. The molecule has 220 valence electrons. The van der Waals surface area contributed by atoms with Gasteiger partial charge in [0.1, 0.15) is 0 Å². The Morgan fingerprint density at radius 3 is 0.682 bits per heavy atom. The SMILES string of the molecule is Fc1cc2ccccc2[cH-]1.Fc1cc2ccccc2[cH-]1.Fc1cc2ccccc2[cH-]1.Fc1cc2ccccc2[cH-]1.[Cl-].[Cl-].[Zr+2].[Zr+2]. The van der Waals surface area contributed by atoms with Gasteiger partial charge < -0.3 is 24.8 Å². The average molecular weight is 786 g/mol. The molecule has 8 aromatic carbocycles. The molecule has 0 radical (unpaired) electrons. The summed E-state index contributed by atoms with van der Waals surface area (Å²) in [5.74, 6) is -0.607. The zero-order valence-electron chi connectivity index (χ0n) is 23.1. The molecule has 0 spiro atoms. The van der Waals surface area contributed by atoms with Crippen LogP contribution in [0.3, 0.4) is 0 Å². The van der Waals surface area contributed by atoms with Crippen molar-refractivity contribution in [3.63, 3.8) is 0 Å². The Bertz CT molecular complexity index is 1560. The van der Waals surface area contributed by atoms with Crippen LogP contribution in [0.5, 0.6) is 0 Å². The summed E-state index contributed by atoms with van der Waals surface area (Å²) in [6.45, 7) is 0. The van der Waals surface area contributed by atoms with Crippen molar-refractivity contribution >= 4 is 43.1 Å². The molecule has 8 heteroatoms. The third-order valence-corrected chi connectivity index (χ3v) is 6.33. The van der Waals surface area contributed by atoms with E-state index in [1.165, 1.54) is 48.5 Å². The molecule has 0 aliphatic heterocycles. The maximum absolute atomic E-state index is 12.5. The van der Waals surface area contributed by atoms with Gasteiger partial charge in [0.2, 0.25) is 0 Å². The van der Waals surface area contributed by atoms with E-state index >= 15 is 0 Å². The monoisotopic (exact) mass is 782 g/mol. The summed E-state index contributed by atoms with van der Waals surface area (Å²) in [5, 5.41) is 7.78. The fraction of sp³-hybridized carbons (Fsp3) is 0. The van der Waals surface area contributed by atoms with E-state index < -0.39 is 0 Å². The molecule has 44 heavy (non-hydrogen) atoms. The van der Waals surface area contributed by atoms with E-state index in [1.807, 2.05) is 97.1 Å². The molecule has 8 aromatic rings. The molecule has 0 aliphatic rings. The molecular weight excluding hydrogens is 762 g/mol. The number of halogens is 6. The van der Waals surface area contributed by atoms with Gasteiger partial charge in [-0.05, 0) is 0 Å². The zero-order chi connectivity index (χ0) is 27.9. The molecule has 0 bridgehead atoms. The molecule has 0 aromatic heterocycles. The predicted octanol–water partition coefficient (Wildman–Crippen LogP) is 4.79. The van der Waals surface area contributed by atoms with Gasteiger partial charge in [-0.25, -0.2) is 17.6 Å². The first-order chi connectivity index (χ1) is 19.4. The summed E-state index contributed by atoms with van der Waals surface area (Å²) in [7, 11) is 0. The molecule has 0 saturated carbocycles. The molecule has 0 atom stereocenters. The van der Waals surface area contributed by atoms with Crippen LogP contribution in [0.15, 0.2) is 146 Å². The van der Waals surface area contributed by atoms with Crippen molar-refractivity contribution < 1.29 is 94.8 Å². The summed E-state index contributed by atoms with van der Waals surface area (Å²) < 4.78 is 50.1. The maximum atomic E-state index is 12.5. The molecule has 0 aliphatic carbocycles. The standard InChI is InChI=1S/4C9H6F.2ClH.2Zr/c4*10-9-5-7-3-1-2-4-8(7)6-9;;;;/h4*1-6H;2*1H;;/q4*-1;;;2*+2/p-2. The van der Waals surface area contributed by atoms with Gasteiger partial charge in [0.05, 0.1) is 0 Å². The molecule has 0 unspecified atom stereocenters. The van der Waals surface area contributed by atoms with E-state index in [0.29, 0.717) is 0 Å². The minimum atomic E-state index is -0.152. The number of fused-ring (bicyclic) bond motifs is 4. The van der Waals surface area contributed by atoms with E-state index in [9.17, 15) is 17.6 Å². The normalized spacial score (nSPS) is 9.55. The fourth-order valence-corrected chi connectivity index (χ4v) is 4.45. The maximum Gasteiger partial charge on any atom is 2.00 e. The summed E-state index contributed by atoms with van der Waals surface area (Å²) in [6, 6.07) is 42.7. The van der Waals surface area contributed by atoms with Crippen LogP contribution in [0, 0.1) is 23.3 Å². The minimum Gasteiger partial charge on any atom is -1.00 e. The topological polar surface area (TPSA) is 0 Å². The van der Waals surface area contributed by atoms with Gasteiger partial charge >= 0.3 is 52.4 Å². The molecule has 0 heterocycles. The van der Waals surface area contributed by atoms with Crippen molar-refractivity contribution in [1.82, 2.24) is 0 Å². The van der Waals surface area contributed by atoms with Crippen molar-refractivity contribution in [2.45, 2.75) is 0 Å². The second kappa shape index (κ2) is 19.0. The van der Waals surface area contributed by atoms with Crippen LogP contribution in [0.25, 0.3) is 43.1 Å². The van der Waals surface area contributed by atoms with Gasteiger partial charge in [-0.2, -0.15) is 0 Å². The number of rotatable bonds is 0. The predicted molar refractivity (Wildman–Crippen MR) is 158 cm³/mol. The minimum absolute atomic E-state index is 0. The molecular formula is C36H24Cl2F4Zr2-2. The average Bonchev–Trinajstić information content (AvgIpc) is 3.71. The largest absolute Gasteiger partial charge is 2.00 e. The Morgan fingerprint density at radius 1 is 0.318 bits per heavy atom. The number of benzene rings is 4. The van der Waals surface area contributed by atoms with Gasteiger partial charge in [0, 0.05) is 23.3 Å². The first-order valence-electron chi connectivity index (χ1n) is 12.7. The van der Waals surface area contributed by atoms with Crippen LogP contribution >= 0.6 is 0 Å². The Morgan fingerprint density at radius 2 is 0.500 bits per heavy atom. The van der Waals surface area contributed by atoms with Crippen molar-refractivity contribution in [3.8, 4) is 0 Å². The van der Waals surface area contributed by atoms with E-state index in [2.05, 4.69) is 0 Å². The first kappa shape index (κ1) is 39.4. The van der Waals surface area contributed by atoms with Gasteiger partial charge in [0.25, 0.3) is 0 Å². The van der Waals surface area contributed by atoms with Crippen LogP contribution < -0.4 is 24.8 Å². The first-order valence-corrected chi connectivity index (χ1v) is 12.7. The van der Waals surface area contributed by atoms with E-state index in [4.69, 9.17) is 0 Å². The second-order valence-electron chi connectivity index (χ2n) is 9.21. The number of hydrogen-bond donors (Lipinski definition) is 0. The molecule has 0 amide bonds. The third kappa shape index (κ3) is 10.8. The van der Waals surface area contributed by atoms with Gasteiger partial charge in [-0.15, -0.1) is 164 Å². The van der Waals surface area contributed by atoms with Gasteiger partial charge in [-0.3, -0.25) is 0 Å². The summed E-state index contributed by atoms with van der Waals surface area (Å²) in [5.41, 5.74) is 0. The van der Waals surface area contributed by atoms with Gasteiger partial charge in [0.15, 0.2) is 0 Å². The second-order valence-corrected chi connectivity index (χ2v) is 9.21. The van der Waals surface area contributed by atoms with E-state index in [1.54, 1.807) is 0 Å². The summed E-state index contributed by atoms with van der Waals surface area (Å²) >= 11 is 0. The Kier molecular flexibility index (Phi) is 17.0. The van der Waals surface area contributed by atoms with E-state index in [-0.39, 0.29) is 100 Å². The van der Waals surface area contributed by atoms with Crippen molar-refractivity contribution in [1.29, 1.82) is 0 Å². The van der Waals surface area contributed by atoms with Gasteiger partial charge in [-0.1, -0.05) is 24.3 Å². The van der Waals surface area contributed by atoms with Crippen LogP contribution in [0.2, 0.25) is 0 Å². The number of hydrogen-bond acceptors (Lipinski definition) is 0. The van der Waals surface area contributed by atoms with Crippen molar-refractivity contribution in [2.24, 2.45) is 0 Å². The van der Waals surface area contributed by atoms with Crippen molar-refractivity contribution in [3.05, 3.63) is 169 Å². The zero-order valence-corrected chi connectivity index (χ0v) is 29.6. The Labute approximate surface area is 304 Å². The molecule has 8 rings (SSSR count). The molecule has 0 nitrogen and oxygen atoms in total. The van der Waals surface area contributed by atoms with Crippen LogP contribution in [0.1, 0.15) is 0 Å². The van der Waals surface area contributed by atoms with Crippen LogP contribution in [0.4, 0.5) is 17.6 Å². The quantitative estimate of drug-likeness (QED) is 0.153. The Hall–Kier alpha value is -2.61. The van der Waals surface area contributed by atoms with E-state index in [0.717, 1.165) is 43.1 Å².